The van der Waals surface area contributed by atoms with Crippen LogP contribution in [0.1, 0.15) is 46.2 Å². The van der Waals surface area contributed by atoms with Gasteiger partial charge in [-0.1, -0.05) is 0 Å². The normalized spacial score (nSPS) is 17.1. The van der Waals surface area contributed by atoms with Gasteiger partial charge in [0.25, 0.3) is 0 Å². The molecule has 0 bridgehead atoms. The standard InChI is InChI=1S/C16H22BrN5O2/c1-15(2,3)24-14(23)21-16(4)5-7-22(8-6-16)13-11(9-18)20-12(17)10-19-13/h10H,5-8H2,1-4H3,(H,21,23). The average Bonchev–Trinajstić information content (AvgIpc) is 2.45. The number of piperidine rings is 1. The van der Waals surface area contributed by atoms with E-state index in [4.69, 9.17) is 4.74 Å². The smallest absolute Gasteiger partial charge is 0.408 e. The highest BCUT2D eigenvalue weighted by molar-refractivity contribution is 9.10. The highest BCUT2D eigenvalue weighted by Gasteiger charge is 2.34. The van der Waals surface area contributed by atoms with Crippen LogP contribution in [0.3, 0.4) is 0 Å². The Bertz CT molecular complexity index is 657. The zero-order valence-electron chi connectivity index (χ0n) is 14.4. The van der Waals surface area contributed by atoms with E-state index in [9.17, 15) is 10.1 Å². The number of hydrogen-bond donors (Lipinski definition) is 1. The topological polar surface area (TPSA) is 91.1 Å². The van der Waals surface area contributed by atoms with Crippen LogP contribution in [-0.4, -0.2) is 40.3 Å². The summed E-state index contributed by atoms with van der Waals surface area (Å²) >= 11 is 3.23. The molecule has 24 heavy (non-hydrogen) atoms. The number of anilines is 1. The van der Waals surface area contributed by atoms with E-state index < -0.39 is 11.7 Å². The first-order valence-electron chi connectivity index (χ1n) is 7.81. The Balaban J connectivity index is 2.00. The Morgan fingerprint density at radius 2 is 2.08 bits per heavy atom. The van der Waals surface area contributed by atoms with Crippen molar-refractivity contribution in [1.82, 2.24) is 15.3 Å². The Kier molecular flexibility index (Phi) is 5.33. The minimum atomic E-state index is -0.518. The number of carbonyl (C=O) groups is 1. The van der Waals surface area contributed by atoms with Gasteiger partial charge in [-0.25, -0.2) is 14.8 Å². The van der Waals surface area contributed by atoms with Crippen LogP contribution in [0, 0.1) is 11.3 Å². The Labute approximate surface area is 150 Å². The van der Waals surface area contributed by atoms with Crippen LogP contribution < -0.4 is 10.2 Å². The Morgan fingerprint density at radius 1 is 1.46 bits per heavy atom. The molecule has 0 aromatic carbocycles. The van der Waals surface area contributed by atoms with Crippen molar-refractivity contribution in [2.45, 2.75) is 51.7 Å². The van der Waals surface area contributed by atoms with Crippen molar-refractivity contribution >= 4 is 27.8 Å². The molecule has 0 aliphatic carbocycles. The highest BCUT2D eigenvalue weighted by Crippen LogP contribution is 2.27. The van der Waals surface area contributed by atoms with Crippen molar-refractivity contribution in [3.05, 3.63) is 16.5 Å². The molecule has 1 fully saturated rings. The molecule has 7 nitrogen and oxygen atoms in total. The summed E-state index contributed by atoms with van der Waals surface area (Å²) in [6, 6.07) is 2.08. The minimum Gasteiger partial charge on any atom is -0.444 e. The van der Waals surface area contributed by atoms with Crippen LogP contribution in [0.25, 0.3) is 0 Å². The number of rotatable bonds is 2. The lowest BCUT2D eigenvalue weighted by Crippen LogP contribution is -2.54. The van der Waals surface area contributed by atoms with Crippen molar-refractivity contribution in [2.24, 2.45) is 0 Å². The number of nitrogens with zero attached hydrogens (tertiary/aromatic N) is 4. The summed E-state index contributed by atoms with van der Waals surface area (Å²) in [6.45, 7) is 8.88. The maximum atomic E-state index is 12.0. The molecule has 1 aromatic heterocycles. The van der Waals surface area contributed by atoms with E-state index in [0.29, 0.717) is 29.2 Å². The van der Waals surface area contributed by atoms with E-state index in [1.807, 2.05) is 32.6 Å². The molecule has 0 atom stereocenters. The first kappa shape index (κ1) is 18.5. The quantitative estimate of drug-likeness (QED) is 0.827. The van der Waals surface area contributed by atoms with Crippen molar-refractivity contribution in [3.8, 4) is 6.07 Å². The first-order valence-corrected chi connectivity index (χ1v) is 8.60. The summed E-state index contributed by atoms with van der Waals surface area (Å²) in [5, 5.41) is 12.2. The van der Waals surface area contributed by atoms with E-state index in [0.717, 1.165) is 12.8 Å². The number of halogens is 1. The van der Waals surface area contributed by atoms with Gasteiger partial charge >= 0.3 is 6.09 Å². The van der Waals surface area contributed by atoms with E-state index in [1.165, 1.54) is 0 Å². The van der Waals surface area contributed by atoms with Gasteiger partial charge in [0.1, 0.15) is 16.3 Å². The second-order valence-corrected chi connectivity index (χ2v) is 7.96. The lowest BCUT2D eigenvalue weighted by Gasteiger charge is -2.40. The summed E-state index contributed by atoms with van der Waals surface area (Å²) < 4.78 is 5.87. The van der Waals surface area contributed by atoms with Gasteiger partial charge in [-0.05, 0) is 56.5 Å². The summed E-state index contributed by atoms with van der Waals surface area (Å²) in [5.74, 6) is 0.583. The molecule has 1 saturated heterocycles. The number of aromatic nitrogens is 2. The second kappa shape index (κ2) is 6.93. The summed E-state index contributed by atoms with van der Waals surface area (Å²) in [6.07, 6.45) is 2.65. The molecule has 130 valence electrons. The molecule has 1 aromatic rings. The Morgan fingerprint density at radius 3 is 2.62 bits per heavy atom. The van der Waals surface area contributed by atoms with Crippen molar-refractivity contribution in [2.75, 3.05) is 18.0 Å². The van der Waals surface area contributed by atoms with E-state index in [-0.39, 0.29) is 5.54 Å². The number of hydrogen-bond acceptors (Lipinski definition) is 6. The summed E-state index contributed by atoms with van der Waals surface area (Å²) in [4.78, 5) is 22.5. The number of alkyl carbamates (subject to hydrolysis) is 1. The number of nitrogens with one attached hydrogen (secondary N) is 1. The second-order valence-electron chi connectivity index (χ2n) is 7.15. The average molecular weight is 396 g/mol. The third kappa shape index (κ3) is 4.81. The fourth-order valence-electron chi connectivity index (χ4n) is 2.55. The molecule has 1 N–H and O–H groups in total. The molecule has 0 radical (unpaired) electrons. The van der Waals surface area contributed by atoms with Crippen LogP contribution >= 0.6 is 15.9 Å². The van der Waals surface area contributed by atoms with Crippen LogP contribution in [-0.2, 0) is 4.74 Å². The number of ether oxygens (including phenoxy) is 1. The van der Waals surface area contributed by atoms with E-state index in [1.54, 1.807) is 6.20 Å². The Hall–Kier alpha value is -1.88. The van der Waals surface area contributed by atoms with Gasteiger partial charge in [0.2, 0.25) is 0 Å². The van der Waals surface area contributed by atoms with Gasteiger partial charge in [-0.15, -0.1) is 0 Å². The fraction of sp³-hybridized carbons (Fsp3) is 0.625. The molecule has 1 aliphatic heterocycles. The third-order valence-corrected chi connectivity index (χ3v) is 4.18. The monoisotopic (exact) mass is 395 g/mol. The van der Waals surface area contributed by atoms with Crippen LogP contribution in [0.2, 0.25) is 0 Å². The zero-order chi connectivity index (χ0) is 18.0. The first-order chi connectivity index (χ1) is 11.1. The maximum absolute atomic E-state index is 12.0. The summed E-state index contributed by atoms with van der Waals surface area (Å²) in [5.41, 5.74) is -0.558. The van der Waals surface area contributed by atoms with Gasteiger partial charge in [0.15, 0.2) is 11.5 Å². The number of nitriles is 1. The number of amides is 1. The fourth-order valence-corrected chi connectivity index (χ4v) is 2.83. The molecule has 0 saturated carbocycles. The molecule has 0 spiro atoms. The van der Waals surface area contributed by atoms with Gasteiger partial charge in [-0.3, -0.25) is 0 Å². The summed E-state index contributed by atoms with van der Waals surface area (Å²) in [7, 11) is 0. The highest BCUT2D eigenvalue weighted by atomic mass is 79.9. The van der Waals surface area contributed by atoms with Crippen LogP contribution in [0.5, 0.6) is 0 Å². The molecule has 2 heterocycles. The van der Waals surface area contributed by atoms with Crippen LogP contribution in [0.15, 0.2) is 10.8 Å². The predicted octanol–water partition coefficient (Wildman–Crippen LogP) is 2.99. The zero-order valence-corrected chi connectivity index (χ0v) is 16.0. The minimum absolute atomic E-state index is 0.299. The van der Waals surface area contributed by atoms with Gasteiger partial charge in [0.05, 0.1) is 6.20 Å². The van der Waals surface area contributed by atoms with Gasteiger partial charge in [-0.2, -0.15) is 5.26 Å². The third-order valence-electron chi connectivity index (χ3n) is 3.80. The maximum Gasteiger partial charge on any atom is 0.408 e. The van der Waals surface area contributed by atoms with Crippen molar-refractivity contribution in [3.63, 3.8) is 0 Å². The SMILES string of the molecule is CC1(NC(=O)OC(C)(C)C)CCN(c2ncc(Br)nc2C#N)CC1. The van der Waals surface area contributed by atoms with E-state index in [2.05, 4.69) is 37.3 Å². The largest absolute Gasteiger partial charge is 0.444 e. The molecule has 0 unspecified atom stereocenters. The van der Waals surface area contributed by atoms with Crippen LogP contribution in [0.4, 0.5) is 10.6 Å². The molecular formula is C16H22BrN5O2. The lowest BCUT2D eigenvalue weighted by molar-refractivity contribution is 0.0448. The predicted molar refractivity (Wildman–Crippen MR) is 93.7 cm³/mol. The molecular weight excluding hydrogens is 374 g/mol. The molecule has 8 heteroatoms. The van der Waals surface area contributed by atoms with Crippen molar-refractivity contribution in [1.29, 1.82) is 5.26 Å². The van der Waals surface area contributed by atoms with Gasteiger partial charge in [0, 0.05) is 18.6 Å². The molecule has 2 rings (SSSR count). The molecule has 1 amide bonds. The van der Waals surface area contributed by atoms with Crippen molar-refractivity contribution < 1.29 is 9.53 Å². The molecule has 1 aliphatic rings. The van der Waals surface area contributed by atoms with Gasteiger partial charge < -0.3 is 15.0 Å². The van der Waals surface area contributed by atoms with E-state index >= 15 is 0 Å². The number of carbonyl (C=O) groups excluding carboxylic acids is 1. The lowest BCUT2D eigenvalue weighted by atomic mass is 9.89.